The molecular formula is C23H23Cl2N3O2. The van der Waals surface area contributed by atoms with Crippen LogP contribution in [-0.2, 0) is 11.2 Å². The lowest BCUT2D eigenvalue weighted by Crippen LogP contribution is -2.31. The second-order valence-corrected chi connectivity index (χ2v) is 8.17. The summed E-state index contributed by atoms with van der Waals surface area (Å²) in [7, 11) is 1.67. The Bertz CT molecular complexity index is 1060. The number of halogens is 2. The summed E-state index contributed by atoms with van der Waals surface area (Å²) >= 11 is 12.6. The number of amides is 1. The van der Waals surface area contributed by atoms with Crippen molar-refractivity contribution in [2.24, 2.45) is 0 Å². The van der Waals surface area contributed by atoms with E-state index in [2.05, 4.69) is 41.4 Å². The van der Waals surface area contributed by atoms with E-state index < -0.39 is 0 Å². The van der Waals surface area contributed by atoms with Crippen molar-refractivity contribution in [1.82, 2.24) is 15.1 Å². The molecular weight excluding hydrogens is 421 g/mol. The van der Waals surface area contributed by atoms with E-state index in [0.29, 0.717) is 34.6 Å². The van der Waals surface area contributed by atoms with E-state index in [9.17, 15) is 4.79 Å². The van der Waals surface area contributed by atoms with Crippen molar-refractivity contribution < 1.29 is 9.53 Å². The molecule has 0 spiro atoms. The van der Waals surface area contributed by atoms with Crippen LogP contribution < -0.4 is 0 Å². The maximum Gasteiger partial charge on any atom is 0.273 e. The lowest BCUT2D eigenvalue weighted by atomic mass is 9.95. The number of H-pyrrole nitrogens is 1. The molecule has 2 aromatic carbocycles. The molecule has 0 aliphatic carbocycles. The number of carbonyl (C=O) groups excluding carboxylic acids is 1. The van der Waals surface area contributed by atoms with Crippen LogP contribution in [0.3, 0.4) is 0 Å². The Kier molecular flexibility index (Phi) is 6.14. The molecule has 0 fully saturated rings. The predicted octanol–water partition coefficient (Wildman–Crippen LogP) is 5.53. The Morgan fingerprint density at radius 1 is 1.17 bits per heavy atom. The van der Waals surface area contributed by atoms with E-state index in [4.69, 9.17) is 27.9 Å². The normalized spacial score (nSPS) is 15.7. The smallest absolute Gasteiger partial charge is 0.273 e. The largest absolute Gasteiger partial charge is 0.385 e. The van der Waals surface area contributed by atoms with Gasteiger partial charge < -0.3 is 9.64 Å². The monoisotopic (exact) mass is 443 g/mol. The van der Waals surface area contributed by atoms with Crippen molar-refractivity contribution in [3.8, 4) is 11.3 Å². The van der Waals surface area contributed by atoms with Crippen LogP contribution in [0.1, 0.15) is 46.6 Å². The molecule has 30 heavy (non-hydrogen) atoms. The highest BCUT2D eigenvalue weighted by Gasteiger charge is 2.42. The lowest BCUT2D eigenvalue weighted by Gasteiger charge is -2.26. The van der Waals surface area contributed by atoms with E-state index in [1.54, 1.807) is 19.2 Å². The van der Waals surface area contributed by atoms with Crippen molar-refractivity contribution in [2.45, 2.75) is 25.8 Å². The van der Waals surface area contributed by atoms with E-state index >= 15 is 0 Å². The molecule has 1 aliphatic heterocycles. The number of fused-ring (bicyclic) bond motifs is 1. The van der Waals surface area contributed by atoms with Crippen molar-refractivity contribution >= 4 is 29.1 Å². The first-order valence-electron chi connectivity index (χ1n) is 9.97. The molecule has 5 nitrogen and oxygen atoms in total. The summed E-state index contributed by atoms with van der Waals surface area (Å²) < 4.78 is 5.20. The van der Waals surface area contributed by atoms with Crippen molar-refractivity contribution in [1.29, 1.82) is 0 Å². The van der Waals surface area contributed by atoms with E-state index in [-0.39, 0.29) is 11.9 Å². The summed E-state index contributed by atoms with van der Waals surface area (Å²) in [4.78, 5) is 15.1. The Morgan fingerprint density at radius 2 is 1.93 bits per heavy atom. The van der Waals surface area contributed by atoms with Crippen LogP contribution in [0.5, 0.6) is 0 Å². The van der Waals surface area contributed by atoms with Crippen LogP contribution >= 0.6 is 23.2 Å². The number of nitrogens with one attached hydrogen (secondary N) is 1. The molecule has 1 amide bonds. The number of benzene rings is 2. The van der Waals surface area contributed by atoms with Gasteiger partial charge in [-0.25, -0.2) is 0 Å². The number of ether oxygens (including phenoxy) is 1. The Hall–Kier alpha value is -2.34. The summed E-state index contributed by atoms with van der Waals surface area (Å²) in [5, 5.41) is 8.48. The van der Waals surface area contributed by atoms with Crippen molar-refractivity contribution in [3.05, 3.63) is 74.9 Å². The number of methoxy groups -OCH3 is 1. The van der Waals surface area contributed by atoms with Crippen molar-refractivity contribution in [3.63, 3.8) is 0 Å². The van der Waals surface area contributed by atoms with Gasteiger partial charge in [-0.05, 0) is 42.2 Å². The van der Waals surface area contributed by atoms with Gasteiger partial charge in [-0.2, -0.15) is 5.10 Å². The molecule has 0 saturated carbocycles. The molecule has 0 radical (unpaired) electrons. The maximum absolute atomic E-state index is 13.2. The third-order valence-corrected chi connectivity index (χ3v) is 6.05. The summed E-state index contributed by atoms with van der Waals surface area (Å²) in [5.74, 6) is -0.0606. The SMILES string of the molecule is CCc1ccc(C2c3c(-c4ccc(Cl)cc4Cl)n[nH]c3C(=O)N2CCCOC)cc1. The van der Waals surface area contributed by atoms with E-state index in [1.807, 2.05) is 11.0 Å². The zero-order valence-corrected chi connectivity index (χ0v) is 18.4. The zero-order chi connectivity index (χ0) is 21.3. The Morgan fingerprint density at radius 3 is 2.60 bits per heavy atom. The van der Waals surface area contributed by atoms with Gasteiger partial charge >= 0.3 is 0 Å². The number of aromatic nitrogens is 2. The highest BCUT2D eigenvalue weighted by Crippen LogP contribution is 2.44. The van der Waals surface area contributed by atoms with Gasteiger partial charge in [0, 0.05) is 36.4 Å². The molecule has 2 heterocycles. The predicted molar refractivity (Wildman–Crippen MR) is 119 cm³/mol. The van der Waals surface area contributed by atoms with Crippen LogP contribution in [0.15, 0.2) is 42.5 Å². The summed E-state index contributed by atoms with van der Waals surface area (Å²) in [6.45, 7) is 3.30. The summed E-state index contributed by atoms with van der Waals surface area (Å²) in [6, 6.07) is 13.5. The standard InChI is InChI=1S/C23H23Cl2N3O2/c1-3-14-5-7-15(8-6-14)22-19-20(17-10-9-16(24)13-18(17)25)26-27-21(19)23(29)28(22)11-4-12-30-2/h5-10,13,22H,3-4,11-12H2,1-2H3,(H,26,27). The third-order valence-electron chi connectivity index (χ3n) is 5.50. The molecule has 7 heteroatoms. The number of hydrogen-bond donors (Lipinski definition) is 1. The molecule has 3 aromatic rings. The molecule has 1 N–H and O–H groups in total. The molecule has 156 valence electrons. The number of rotatable bonds is 7. The first-order chi connectivity index (χ1) is 14.5. The van der Waals surface area contributed by atoms with Crippen LogP contribution in [0, 0.1) is 0 Å². The number of aryl methyl sites for hydroxylation is 1. The summed E-state index contributed by atoms with van der Waals surface area (Å²) in [6.07, 6.45) is 1.71. The molecule has 1 aliphatic rings. The molecule has 1 aromatic heterocycles. The third kappa shape index (κ3) is 3.73. The maximum atomic E-state index is 13.2. The quantitative estimate of drug-likeness (QED) is 0.488. The van der Waals surface area contributed by atoms with E-state index in [1.165, 1.54) is 5.56 Å². The minimum absolute atomic E-state index is 0.0606. The average molecular weight is 444 g/mol. The Balaban J connectivity index is 1.82. The molecule has 4 rings (SSSR count). The topological polar surface area (TPSA) is 58.2 Å². The second-order valence-electron chi connectivity index (χ2n) is 7.33. The number of carbonyl (C=O) groups is 1. The Labute approximate surface area is 185 Å². The minimum atomic E-state index is -0.240. The van der Waals surface area contributed by atoms with Crippen LogP contribution in [0.2, 0.25) is 10.0 Å². The fourth-order valence-corrected chi connectivity index (χ4v) is 4.47. The molecule has 0 bridgehead atoms. The summed E-state index contributed by atoms with van der Waals surface area (Å²) in [5.41, 5.74) is 5.09. The van der Waals surface area contributed by atoms with Gasteiger partial charge in [-0.1, -0.05) is 54.4 Å². The highest BCUT2D eigenvalue weighted by molar-refractivity contribution is 6.36. The molecule has 1 unspecified atom stereocenters. The molecule has 0 saturated heterocycles. The van der Waals surface area contributed by atoms with Crippen molar-refractivity contribution in [2.75, 3.05) is 20.3 Å². The van der Waals surface area contributed by atoms with E-state index in [0.717, 1.165) is 29.5 Å². The fraction of sp³-hybridized carbons (Fsp3) is 0.304. The van der Waals surface area contributed by atoms with Crippen LogP contribution in [0.25, 0.3) is 11.3 Å². The first-order valence-corrected chi connectivity index (χ1v) is 10.7. The van der Waals surface area contributed by atoms with Gasteiger partial charge in [0.15, 0.2) is 0 Å². The van der Waals surface area contributed by atoms with Gasteiger partial charge in [-0.3, -0.25) is 9.89 Å². The average Bonchev–Trinajstić information content (AvgIpc) is 3.28. The zero-order valence-electron chi connectivity index (χ0n) is 16.9. The van der Waals surface area contributed by atoms with Crippen LogP contribution in [-0.4, -0.2) is 41.3 Å². The highest BCUT2D eigenvalue weighted by atomic mass is 35.5. The number of aromatic amines is 1. The van der Waals surface area contributed by atoms with Gasteiger partial charge in [0.05, 0.1) is 11.1 Å². The second kappa shape index (κ2) is 8.80. The van der Waals surface area contributed by atoms with Gasteiger partial charge in [-0.15, -0.1) is 0 Å². The fourth-order valence-electron chi connectivity index (χ4n) is 3.98. The minimum Gasteiger partial charge on any atom is -0.385 e. The number of nitrogens with zero attached hydrogens (tertiary/aromatic N) is 2. The lowest BCUT2D eigenvalue weighted by molar-refractivity contribution is 0.0723. The van der Waals surface area contributed by atoms with Gasteiger partial charge in [0.1, 0.15) is 11.4 Å². The van der Waals surface area contributed by atoms with Gasteiger partial charge in [0.25, 0.3) is 5.91 Å². The first kappa shape index (κ1) is 20.9. The number of hydrogen-bond acceptors (Lipinski definition) is 3. The molecule has 1 atom stereocenters. The van der Waals surface area contributed by atoms with Gasteiger partial charge in [0.2, 0.25) is 0 Å². The van der Waals surface area contributed by atoms with Crippen LogP contribution in [0.4, 0.5) is 0 Å².